The van der Waals surface area contributed by atoms with Crippen LogP contribution in [0.3, 0.4) is 0 Å². The Kier molecular flexibility index (Phi) is 7.38. The maximum absolute atomic E-state index is 13.4. The Morgan fingerprint density at radius 2 is 1.78 bits per heavy atom. The molecule has 0 saturated heterocycles. The van der Waals surface area contributed by atoms with Gasteiger partial charge in [0.05, 0.1) is 12.0 Å². The van der Waals surface area contributed by atoms with Crippen molar-refractivity contribution in [2.75, 3.05) is 6.61 Å². The van der Waals surface area contributed by atoms with Crippen LogP contribution in [-0.4, -0.2) is 32.4 Å². The molecule has 0 aliphatic heterocycles. The predicted molar refractivity (Wildman–Crippen MR) is 143 cm³/mol. The van der Waals surface area contributed by atoms with Gasteiger partial charge in [0, 0.05) is 18.3 Å². The third-order valence-corrected chi connectivity index (χ3v) is 6.23. The zero-order valence-electron chi connectivity index (χ0n) is 21.9. The third-order valence-electron chi connectivity index (χ3n) is 6.23. The van der Waals surface area contributed by atoms with E-state index in [4.69, 9.17) is 9.72 Å². The highest BCUT2D eigenvalue weighted by atomic mass is 16.5. The van der Waals surface area contributed by atoms with Gasteiger partial charge in [-0.1, -0.05) is 52.3 Å². The Morgan fingerprint density at radius 3 is 2.43 bits per heavy atom. The molecule has 1 aromatic carbocycles. The van der Waals surface area contributed by atoms with Crippen molar-refractivity contribution in [3.63, 3.8) is 0 Å². The Hall–Kier alpha value is -4.07. The number of aromatic nitrogens is 3. The van der Waals surface area contributed by atoms with Crippen LogP contribution in [-0.2, 0) is 16.7 Å². The second-order valence-corrected chi connectivity index (χ2v) is 9.93. The quantitative estimate of drug-likeness (QED) is 0.283. The first-order valence-corrected chi connectivity index (χ1v) is 12.6. The molecule has 3 heterocycles. The number of unbranched alkanes of at least 4 members (excludes halogenated alkanes) is 1. The van der Waals surface area contributed by atoms with E-state index in [1.807, 2.05) is 19.1 Å². The number of carbonyl (C=O) groups excluding carboxylic acids is 2. The van der Waals surface area contributed by atoms with Crippen LogP contribution in [0.25, 0.3) is 16.7 Å². The number of hydrogen-bond donors (Lipinski definition) is 0. The molecule has 0 N–H and O–H groups in total. The average Bonchev–Trinajstić information content (AvgIpc) is 2.87. The van der Waals surface area contributed by atoms with E-state index in [2.05, 4.69) is 25.8 Å². The Balaban J connectivity index is 2.03. The van der Waals surface area contributed by atoms with Gasteiger partial charge in [-0.3, -0.25) is 14.0 Å². The fraction of sp³-hybridized carbons (Fsp3) is 0.345. The fourth-order valence-electron chi connectivity index (χ4n) is 4.16. The lowest BCUT2D eigenvalue weighted by atomic mass is 9.87. The molecular weight excluding hydrogens is 468 g/mol. The molecule has 0 aliphatic carbocycles. The van der Waals surface area contributed by atoms with Crippen molar-refractivity contribution < 1.29 is 14.3 Å². The maximum Gasteiger partial charge on any atom is 0.341 e. The molecule has 0 saturated carbocycles. The first-order chi connectivity index (χ1) is 17.7. The van der Waals surface area contributed by atoms with E-state index in [0.717, 1.165) is 18.4 Å². The van der Waals surface area contributed by atoms with Gasteiger partial charge in [-0.2, -0.15) is 4.99 Å². The van der Waals surface area contributed by atoms with Crippen LogP contribution in [0.5, 0.6) is 0 Å². The van der Waals surface area contributed by atoms with Gasteiger partial charge in [-0.05, 0) is 54.7 Å². The molecule has 1 amide bonds. The van der Waals surface area contributed by atoms with E-state index < -0.39 is 11.9 Å². The lowest BCUT2D eigenvalue weighted by molar-refractivity contribution is 0.0523. The number of hydrogen-bond acceptors (Lipinski definition) is 5. The summed E-state index contributed by atoms with van der Waals surface area (Å²) in [7, 11) is 0. The lowest BCUT2D eigenvalue weighted by Gasteiger charge is -2.18. The minimum absolute atomic E-state index is 0.0555. The van der Waals surface area contributed by atoms with Crippen molar-refractivity contribution in [2.45, 2.75) is 59.4 Å². The number of fused-ring (bicyclic) bond motifs is 2. The number of carbonyl (C=O) groups is 2. The van der Waals surface area contributed by atoms with Gasteiger partial charge in [0.15, 0.2) is 5.49 Å². The number of benzene rings is 1. The molecule has 0 unspecified atom stereocenters. The van der Waals surface area contributed by atoms with Gasteiger partial charge in [-0.25, -0.2) is 9.78 Å². The average molecular weight is 501 g/mol. The molecule has 0 bridgehead atoms. The summed E-state index contributed by atoms with van der Waals surface area (Å²) < 4.78 is 8.42. The standard InChI is InChI=1S/C29H32N4O4/c1-6-8-16-33-24-21(27(35)32-17-10-9-11-23(32)30-24)18-22(28(36)37-7-2)25(33)31-26(34)19-12-14-20(15-13-19)29(3,4)5/h9-15,17-18H,6-8,16H2,1-5H3. The number of amides is 1. The maximum atomic E-state index is 13.4. The number of rotatable bonds is 6. The Bertz CT molecular complexity index is 1610. The van der Waals surface area contributed by atoms with E-state index in [9.17, 15) is 14.4 Å². The van der Waals surface area contributed by atoms with Gasteiger partial charge in [0.1, 0.15) is 16.9 Å². The van der Waals surface area contributed by atoms with E-state index in [0.29, 0.717) is 23.4 Å². The molecule has 37 heavy (non-hydrogen) atoms. The third kappa shape index (κ3) is 5.23. The highest BCUT2D eigenvalue weighted by molar-refractivity contribution is 5.97. The highest BCUT2D eigenvalue weighted by Crippen LogP contribution is 2.22. The summed E-state index contributed by atoms with van der Waals surface area (Å²) in [5, 5.41) is 0.254. The van der Waals surface area contributed by atoms with Crippen LogP contribution in [0.2, 0.25) is 0 Å². The summed E-state index contributed by atoms with van der Waals surface area (Å²) in [5.74, 6) is -1.14. The Labute approximate surface area is 215 Å². The number of pyridine rings is 2. The van der Waals surface area contributed by atoms with E-state index in [1.54, 1.807) is 48.0 Å². The summed E-state index contributed by atoms with van der Waals surface area (Å²) in [4.78, 5) is 48.9. The van der Waals surface area contributed by atoms with Crippen LogP contribution in [0, 0.1) is 0 Å². The molecule has 4 aromatic rings. The van der Waals surface area contributed by atoms with Crippen molar-refractivity contribution in [1.82, 2.24) is 14.0 Å². The van der Waals surface area contributed by atoms with Crippen LogP contribution in [0.4, 0.5) is 0 Å². The molecular formula is C29H32N4O4. The molecule has 8 nitrogen and oxygen atoms in total. The molecule has 3 aromatic heterocycles. The topological polar surface area (TPSA) is 95.0 Å². The van der Waals surface area contributed by atoms with Gasteiger partial charge >= 0.3 is 5.97 Å². The number of esters is 1. The number of aryl methyl sites for hydroxylation is 1. The molecule has 0 atom stereocenters. The van der Waals surface area contributed by atoms with E-state index in [1.165, 1.54) is 10.5 Å². The summed E-state index contributed by atoms with van der Waals surface area (Å²) >= 11 is 0. The van der Waals surface area contributed by atoms with Crippen LogP contribution >= 0.6 is 0 Å². The minimum atomic E-state index is -0.651. The molecule has 4 rings (SSSR count). The van der Waals surface area contributed by atoms with Crippen molar-refractivity contribution >= 4 is 28.6 Å². The minimum Gasteiger partial charge on any atom is -0.462 e. The smallest absolute Gasteiger partial charge is 0.341 e. The van der Waals surface area contributed by atoms with Crippen LogP contribution < -0.4 is 11.0 Å². The van der Waals surface area contributed by atoms with Gasteiger partial charge < -0.3 is 9.30 Å². The second kappa shape index (κ2) is 10.5. The fourth-order valence-corrected chi connectivity index (χ4v) is 4.16. The summed E-state index contributed by atoms with van der Waals surface area (Å²) in [6, 6.07) is 14.0. The molecule has 8 heteroatoms. The van der Waals surface area contributed by atoms with Crippen LogP contribution in [0.15, 0.2) is 64.5 Å². The van der Waals surface area contributed by atoms with Gasteiger partial charge in [0.25, 0.3) is 11.5 Å². The van der Waals surface area contributed by atoms with Crippen molar-refractivity contribution in [3.05, 3.63) is 87.3 Å². The zero-order valence-corrected chi connectivity index (χ0v) is 21.9. The molecule has 0 radical (unpaired) electrons. The molecule has 0 spiro atoms. The first kappa shape index (κ1) is 26.0. The number of ether oxygens (including phenoxy) is 1. The molecule has 0 fully saturated rings. The summed E-state index contributed by atoms with van der Waals surface area (Å²) in [6.45, 7) is 10.6. The van der Waals surface area contributed by atoms with Crippen LogP contribution in [0.1, 0.15) is 73.7 Å². The largest absolute Gasteiger partial charge is 0.462 e. The summed E-state index contributed by atoms with van der Waals surface area (Å²) in [6.07, 6.45) is 3.22. The number of nitrogens with zero attached hydrogens (tertiary/aromatic N) is 4. The van der Waals surface area contributed by atoms with Crippen molar-refractivity contribution in [1.29, 1.82) is 0 Å². The SMILES string of the molecule is CCCCn1c(=NC(=O)c2ccc(C(C)(C)C)cc2)c(C(=O)OCC)cc2c(=O)n3ccccc3nc21. The zero-order chi connectivity index (χ0) is 26.7. The second-order valence-electron chi connectivity index (χ2n) is 9.93. The van der Waals surface area contributed by atoms with E-state index >= 15 is 0 Å². The lowest BCUT2D eigenvalue weighted by Crippen LogP contribution is -2.33. The highest BCUT2D eigenvalue weighted by Gasteiger charge is 2.20. The monoisotopic (exact) mass is 500 g/mol. The first-order valence-electron chi connectivity index (χ1n) is 12.6. The van der Waals surface area contributed by atoms with Gasteiger partial charge in [-0.15, -0.1) is 0 Å². The molecule has 0 aliphatic rings. The normalized spacial score (nSPS) is 12.3. The van der Waals surface area contributed by atoms with E-state index in [-0.39, 0.29) is 34.0 Å². The molecule has 192 valence electrons. The predicted octanol–water partition coefficient (Wildman–Crippen LogP) is 4.66. The van der Waals surface area contributed by atoms with Crippen molar-refractivity contribution in [3.8, 4) is 0 Å². The Morgan fingerprint density at radius 1 is 1.05 bits per heavy atom. The van der Waals surface area contributed by atoms with Crippen molar-refractivity contribution in [2.24, 2.45) is 4.99 Å². The summed E-state index contributed by atoms with van der Waals surface area (Å²) in [5.41, 5.74) is 2.15. The van der Waals surface area contributed by atoms with Gasteiger partial charge in [0.2, 0.25) is 0 Å².